The van der Waals surface area contributed by atoms with Crippen LogP contribution in [0, 0.1) is 11.8 Å². The lowest BCUT2D eigenvalue weighted by Crippen LogP contribution is -2.31. The molecule has 0 bridgehead atoms. The summed E-state index contributed by atoms with van der Waals surface area (Å²) in [5, 5.41) is 2.92. The van der Waals surface area contributed by atoms with E-state index < -0.39 is 0 Å². The van der Waals surface area contributed by atoms with Crippen molar-refractivity contribution in [3.63, 3.8) is 0 Å². The van der Waals surface area contributed by atoms with Crippen LogP contribution < -0.4 is 5.32 Å². The fourth-order valence-electron chi connectivity index (χ4n) is 3.01. The monoisotopic (exact) mass is 336 g/mol. The summed E-state index contributed by atoms with van der Waals surface area (Å²) in [4.78, 5) is 26.5. The number of rotatable bonds is 5. The Morgan fingerprint density at radius 1 is 1.12 bits per heavy atom. The van der Waals surface area contributed by atoms with Crippen LogP contribution in [0.1, 0.15) is 42.2 Å². The topological polar surface area (TPSA) is 49.4 Å². The molecule has 1 fully saturated rings. The Morgan fingerprint density at radius 2 is 1.80 bits per heavy atom. The van der Waals surface area contributed by atoms with Crippen LogP contribution in [0.15, 0.2) is 54.6 Å². The summed E-state index contributed by atoms with van der Waals surface area (Å²) in [7, 11) is 1.85. The molecular weight excluding hydrogens is 312 g/mol. The Balaban J connectivity index is 1.70. The molecule has 0 aromatic heterocycles. The second-order valence-corrected chi connectivity index (χ2v) is 6.89. The van der Waals surface area contributed by atoms with E-state index in [-0.39, 0.29) is 23.8 Å². The van der Waals surface area contributed by atoms with Gasteiger partial charge < -0.3 is 10.2 Å². The van der Waals surface area contributed by atoms with Crippen LogP contribution in [0.5, 0.6) is 0 Å². The minimum absolute atomic E-state index is 0.0334. The average Bonchev–Trinajstić information content (AvgIpc) is 3.37. The normalized spacial score (nSPS) is 19.8. The molecule has 4 heteroatoms. The van der Waals surface area contributed by atoms with Gasteiger partial charge in [0.15, 0.2) is 0 Å². The van der Waals surface area contributed by atoms with Crippen molar-refractivity contribution in [2.45, 2.75) is 26.3 Å². The molecule has 1 N–H and O–H groups in total. The second-order valence-electron chi connectivity index (χ2n) is 6.89. The third kappa shape index (κ3) is 3.90. The van der Waals surface area contributed by atoms with Crippen molar-refractivity contribution in [2.75, 3.05) is 12.4 Å². The first-order valence-corrected chi connectivity index (χ1v) is 8.70. The zero-order valence-electron chi connectivity index (χ0n) is 14.9. The minimum atomic E-state index is -0.137. The van der Waals surface area contributed by atoms with Crippen LogP contribution in [-0.2, 0) is 4.79 Å². The van der Waals surface area contributed by atoms with Crippen molar-refractivity contribution in [1.29, 1.82) is 0 Å². The van der Waals surface area contributed by atoms with Gasteiger partial charge in [-0.25, -0.2) is 0 Å². The molecule has 2 amide bonds. The molecule has 130 valence electrons. The molecule has 2 aromatic carbocycles. The average molecular weight is 336 g/mol. The lowest BCUT2D eigenvalue weighted by atomic mass is 10.1. The summed E-state index contributed by atoms with van der Waals surface area (Å²) < 4.78 is 0. The lowest BCUT2D eigenvalue weighted by Gasteiger charge is -2.26. The Bertz CT molecular complexity index is 772. The van der Waals surface area contributed by atoms with Gasteiger partial charge in [0.25, 0.3) is 5.91 Å². The molecule has 0 spiro atoms. The van der Waals surface area contributed by atoms with E-state index in [4.69, 9.17) is 0 Å². The van der Waals surface area contributed by atoms with E-state index >= 15 is 0 Å². The first-order valence-electron chi connectivity index (χ1n) is 8.70. The molecule has 0 saturated heterocycles. The van der Waals surface area contributed by atoms with Gasteiger partial charge >= 0.3 is 0 Å². The number of nitrogens with zero attached hydrogens (tertiary/aromatic N) is 1. The van der Waals surface area contributed by atoms with Gasteiger partial charge in [-0.3, -0.25) is 9.59 Å². The van der Waals surface area contributed by atoms with Crippen molar-refractivity contribution in [3.8, 4) is 0 Å². The van der Waals surface area contributed by atoms with Crippen molar-refractivity contribution in [1.82, 2.24) is 4.90 Å². The maximum atomic E-state index is 12.4. The minimum Gasteiger partial charge on any atom is -0.339 e. The molecule has 3 rings (SSSR count). The Labute approximate surface area is 148 Å². The maximum Gasteiger partial charge on any atom is 0.255 e. The van der Waals surface area contributed by atoms with E-state index in [1.807, 2.05) is 61.3 Å². The van der Waals surface area contributed by atoms with Crippen LogP contribution in [0.25, 0.3) is 0 Å². The van der Waals surface area contributed by atoms with Crippen molar-refractivity contribution >= 4 is 17.5 Å². The van der Waals surface area contributed by atoms with E-state index in [1.54, 1.807) is 12.1 Å². The van der Waals surface area contributed by atoms with Gasteiger partial charge in [0, 0.05) is 24.2 Å². The van der Waals surface area contributed by atoms with Crippen molar-refractivity contribution < 1.29 is 9.59 Å². The number of benzene rings is 2. The van der Waals surface area contributed by atoms with Crippen LogP contribution in [0.3, 0.4) is 0 Å². The predicted molar refractivity (Wildman–Crippen MR) is 99.3 cm³/mol. The molecule has 0 heterocycles. The Kier molecular flexibility index (Phi) is 4.88. The summed E-state index contributed by atoms with van der Waals surface area (Å²) in [6.45, 7) is 4.13. The van der Waals surface area contributed by atoms with Crippen LogP contribution in [0.2, 0.25) is 0 Å². The highest BCUT2D eigenvalue weighted by Crippen LogP contribution is 2.40. The first-order chi connectivity index (χ1) is 12.0. The fourth-order valence-corrected chi connectivity index (χ4v) is 3.01. The van der Waals surface area contributed by atoms with E-state index in [1.165, 1.54) is 0 Å². The number of carbonyl (C=O) groups excluding carboxylic acids is 2. The molecule has 3 atom stereocenters. The zero-order valence-corrected chi connectivity index (χ0v) is 14.9. The smallest absolute Gasteiger partial charge is 0.255 e. The molecule has 25 heavy (non-hydrogen) atoms. The fraction of sp³-hybridized carbons (Fsp3) is 0.333. The molecule has 1 saturated carbocycles. The number of nitrogens with one attached hydrogen (secondary N) is 1. The van der Waals surface area contributed by atoms with Crippen LogP contribution >= 0.6 is 0 Å². The highest BCUT2D eigenvalue weighted by molar-refractivity contribution is 6.04. The zero-order chi connectivity index (χ0) is 18.0. The second kappa shape index (κ2) is 7.09. The van der Waals surface area contributed by atoms with Gasteiger partial charge in [0.1, 0.15) is 0 Å². The number of hydrogen-bond donors (Lipinski definition) is 1. The molecule has 0 aliphatic heterocycles. The standard InChI is InChI=1S/C21H24N2O2/c1-14-12-19(14)21(25)23(3)15(2)17-10-7-11-18(13-17)22-20(24)16-8-5-4-6-9-16/h4-11,13-15,19H,12H2,1-3H3,(H,22,24). The summed E-state index contributed by atoms with van der Waals surface area (Å²) in [5.41, 5.74) is 2.37. The van der Waals surface area contributed by atoms with Gasteiger partial charge in [-0.2, -0.15) is 0 Å². The number of carbonyl (C=O) groups is 2. The van der Waals surface area contributed by atoms with Gasteiger partial charge in [0.2, 0.25) is 5.91 Å². The summed E-state index contributed by atoms with van der Waals surface area (Å²) in [6, 6.07) is 16.8. The van der Waals surface area contributed by atoms with Crippen molar-refractivity contribution in [3.05, 3.63) is 65.7 Å². The largest absolute Gasteiger partial charge is 0.339 e. The maximum absolute atomic E-state index is 12.4. The molecule has 1 aliphatic rings. The number of amides is 2. The lowest BCUT2D eigenvalue weighted by molar-refractivity contribution is -0.133. The first kappa shape index (κ1) is 17.2. The van der Waals surface area contributed by atoms with E-state index in [2.05, 4.69) is 12.2 Å². The predicted octanol–water partition coefficient (Wildman–Crippen LogP) is 4.11. The highest BCUT2D eigenvalue weighted by atomic mass is 16.2. The van der Waals surface area contributed by atoms with Gasteiger partial charge in [-0.05, 0) is 49.1 Å². The molecule has 3 unspecified atom stereocenters. The molecule has 4 nitrogen and oxygen atoms in total. The summed E-state index contributed by atoms with van der Waals surface area (Å²) in [6.07, 6.45) is 0.989. The third-order valence-corrected chi connectivity index (χ3v) is 5.02. The molecule has 0 radical (unpaired) electrons. The van der Waals surface area contributed by atoms with E-state index in [9.17, 15) is 9.59 Å². The summed E-state index contributed by atoms with van der Waals surface area (Å²) in [5.74, 6) is 0.743. The van der Waals surface area contributed by atoms with Gasteiger partial charge in [0.05, 0.1) is 6.04 Å². The molecule has 1 aliphatic carbocycles. The van der Waals surface area contributed by atoms with E-state index in [0.29, 0.717) is 11.5 Å². The van der Waals surface area contributed by atoms with Crippen LogP contribution in [0.4, 0.5) is 5.69 Å². The quantitative estimate of drug-likeness (QED) is 0.893. The van der Waals surface area contributed by atoms with E-state index in [0.717, 1.165) is 17.7 Å². The van der Waals surface area contributed by atoms with Gasteiger partial charge in [-0.15, -0.1) is 0 Å². The van der Waals surface area contributed by atoms with Crippen molar-refractivity contribution in [2.24, 2.45) is 11.8 Å². The highest BCUT2D eigenvalue weighted by Gasteiger charge is 2.41. The Morgan fingerprint density at radius 3 is 2.44 bits per heavy atom. The number of anilines is 1. The molecule has 2 aromatic rings. The summed E-state index contributed by atoms with van der Waals surface area (Å²) >= 11 is 0. The molecular formula is C21H24N2O2. The number of hydrogen-bond acceptors (Lipinski definition) is 2. The van der Waals surface area contributed by atoms with Crippen LogP contribution in [-0.4, -0.2) is 23.8 Å². The van der Waals surface area contributed by atoms with Gasteiger partial charge in [-0.1, -0.05) is 37.3 Å². The Hall–Kier alpha value is -2.62. The SMILES string of the molecule is CC1CC1C(=O)N(C)C(C)c1cccc(NC(=O)c2ccccc2)c1. The third-order valence-electron chi connectivity index (χ3n) is 5.02.